The molecule has 0 aliphatic carbocycles. The molecular weight excluding hydrogens is 392 g/mol. The highest BCUT2D eigenvalue weighted by Gasteiger charge is 2.24. The fraction of sp³-hybridized carbons (Fsp3) is 0.619. The van der Waals surface area contributed by atoms with Crippen LogP contribution in [0, 0.1) is 0 Å². The highest BCUT2D eigenvalue weighted by molar-refractivity contribution is 7.91. The Morgan fingerprint density at radius 2 is 1.79 bits per heavy atom. The van der Waals surface area contributed by atoms with Gasteiger partial charge in [0, 0.05) is 20.6 Å². The number of sulfone groups is 1. The van der Waals surface area contributed by atoms with Crippen LogP contribution in [0.25, 0.3) is 0 Å². The number of carbonyl (C=O) groups is 2. The SMILES string of the molecule is CCCCS(=O)(=O)c1cccc(CCN(CC(=O)N(C)C)C(=O)OC(C)(C)C)c1. The molecule has 0 aliphatic heterocycles. The topological polar surface area (TPSA) is 84.0 Å². The van der Waals surface area contributed by atoms with E-state index >= 15 is 0 Å². The van der Waals surface area contributed by atoms with Crippen molar-refractivity contribution in [2.24, 2.45) is 0 Å². The second-order valence-electron chi connectivity index (χ2n) is 8.26. The molecule has 0 aromatic heterocycles. The van der Waals surface area contributed by atoms with Crippen LogP contribution in [-0.4, -0.2) is 68.8 Å². The number of amides is 2. The van der Waals surface area contributed by atoms with E-state index in [4.69, 9.17) is 4.74 Å². The van der Waals surface area contributed by atoms with E-state index in [1.54, 1.807) is 53.1 Å². The first-order valence-corrected chi connectivity index (χ1v) is 11.5. The van der Waals surface area contributed by atoms with Crippen LogP contribution >= 0.6 is 0 Å². The van der Waals surface area contributed by atoms with Crippen molar-refractivity contribution in [2.75, 3.05) is 32.9 Å². The van der Waals surface area contributed by atoms with Gasteiger partial charge in [-0.05, 0) is 51.3 Å². The maximum atomic E-state index is 12.5. The molecule has 8 heteroatoms. The van der Waals surface area contributed by atoms with Crippen LogP contribution in [0.5, 0.6) is 0 Å². The van der Waals surface area contributed by atoms with Gasteiger partial charge in [0.1, 0.15) is 12.1 Å². The first kappa shape index (κ1) is 24.9. The lowest BCUT2D eigenvalue weighted by molar-refractivity contribution is -0.129. The van der Waals surface area contributed by atoms with Crippen LogP contribution in [0.4, 0.5) is 4.79 Å². The predicted molar refractivity (Wildman–Crippen MR) is 114 cm³/mol. The van der Waals surface area contributed by atoms with E-state index in [-0.39, 0.29) is 29.6 Å². The number of hydrogen-bond donors (Lipinski definition) is 0. The van der Waals surface area contributed by atoms with E-state index in [0.717, 1.165) is 12.0 Å². The lowest BCUT2D eigenvalue weighted by atomic mass is 10.1. The zero-order chi connectivity index (χ0) is 22.2. The summed E-state index contributed by atoms with van der Waals surface area (Å²) in [7, 11) is -0.0696. The zero-order valence-electron chi connectivity index (χ0n) is 18.4. The minimum atomic E-state index is -3.32. The second-order valence-corrected chi connectivity index (χ2v) is 10.4. The Morgan fingerprint density at radius 3 is 2.34 bits per heavy atom. The molecule has 0 heterocycles. The Labute approximate surface area is 174 Å². The number of hydrogen-bond acceptors (Lipinski definition) is 5. The van der Waals surface area contributed by atoms with Crippen molar-refractivity contribution in [3.63, 3.8) is 0 Å². The number of carbonyl (C=O) groups excluding carboxylic acids is 2. The van der Waals surface area contributed by atoms with Crippen LogP contribution in [0.2, 0.25) is 0 Å². The Kier molecular flexibility index (Phi) is 9.14. The summed E-state index contributed by atoms with van der Waals surface area (Å²) in [5.41, 5.74) is 0.109. The van der Waals surface area contributed by atoms with Crippen molar-refractivity contribution >= 4 is 21.8 Å². The first-order chi connectivity index (χ1) is 13.4. The summed E-state index contributed by atoms with van der Waals surface area (Å²) in [5.74, 6) is -0.0966. The van der Waals surface area contributed by atoms with E-state index in [2.05, 4.69) is 0 Å². The van der Waals surface area contributed by atoms with Crippen molar-refractivity contribution < 1.29 is 22.7 Å². The van der Waals surface area contributed by atoms with Crippen molar-refractivity contribution in [1.29, 1.82) is 0 Å². The molecule has 1 aromatic rings. The van der Waals surface area contributed by atoms with Crippen LogP contribution in [-0.2, 0) is 25.8 Å². The van der Waals surface area contributed by atoms with Crippen LogP contribution < -0.4 is 0 Å². The summed E-state index contributed by atoms with van der Waals surface area (Å²) in [6, 6.07) is 6.76. The number of rotatable bonds is 9. The predicted octanol–water partition coefficient (Wildman–Crippen LogP) is 3.13. The maximum Gasteiger partial charge on any atom is 0.410 e. The highest BCUT2D eigenvalue weighted by atomic mass is 32.2. The van der Waals surface area contributed by atoms with Gasteiger partial charge in [0.25, 0.3) is 0 Å². The van der Waals surface area contributed by atoms with E-state index in [1.807, 2.05) is 13.0 Å². The van der Waals surface area contributed by atoms with Gasteiger partial charge in [-0.25, -0.2) is 13.2 Å². The number of nitrogens with zero attached hydrogens (tertiary/aromatic N) is 2. The quantitative estimate of drug-likeness (QED) is 0.606. The Hall–Kier alpha value is -2.09. The van der Waals surface area contributed by atoms with E-state index in [0.29, 0.717) is 12.8 Å². The molecule has 0 unspecified atom stereocenters. The fourth-order valence-electron chi connectivity index (χ4n) is 2.48. The summed E-state index contributed by atoms with van der Waals surface area (Å²) in [4.78, 5) is 27.7. The minimum absolute atomic E-state index is 0.101. The maximum absolute atomic E-state index is 12.5. The summed E-state index contributed by atoms with van der Waals surface area (Å²) in [6.45, 7) is 7.39. The van der Waals surface area contributed by atoms with Gasteiger partial charge in [-0.1, -0.05) is 25.5 Å². The Bertz CT molecular complexity index is 798. The smallest absolute Gasteiger partial charge is 0.410 e. The molecule has 0 saturated heterocycles. The summed E-state index contributed by atoms with van der Waals surface area (Å²) in [5, 5.41) is 0. The lowest BCUT2D eigenvalue weighted by Gasteiger charge is -2.28. The molecule has 0 saturated carbocycles. The lowest BCUT2D eigenvalue weighted by Crippen LogP contribution is -2.43. The second kappa shape index (κ2) is 10.6. The van der Waals surface area contributed by atoms with Crippen molar-refractivity contribution in [2.45, 2.75) is 57.5 Å². The van der Waals surface area contributed by atoms with Gasteiger partial charge in [-0.3, -0.25) is 9.69 Å². The molecule has 0 aliphatic rings. The van der Waals surface area contributed by atoms with Gasteiger partial charge >= 0.3 is 6.09 Å². The average Bonchev–Trinajstić information content (AvgIpc) is 2.61. The Morgan fingerprint density at radius 1 is 1.14 bits per heavy atom. The average molecular weight is 427 g/mol. The number of benzene rings is 1. The van der Waals surface area contributed by atoms with Gasteiger partial charge in [-0.15, -0.1) is 0 Å². The molecule has 164 valence electrons. The molecule has 0 radical (unpaired) electrons. The number of unbranched alkanes of at least 4 members (excludes halogenated alkanes) is 1. The normalized spacial score (nSPS) is 11.8. The van der Waals surface area contributed by atoms with Gasteiger partial charge < -0.3 is 9.64 Å². The minimum Gasteiger partial charge on any atom is -0.444 e. The summed E-state index contributed by atoms with van der Waals surface area (Å²) >= 11 is 0. The van der Waals surface area contributed by atoms with Crippen LogP contribution in [0.1, 0.15) is 46.1 Å². The number of likely N-dealkylation sites (N-methyl/N-ethyl adjacent to an activating group) is 1. The molecule has 29 heavy (non-hydrogen) atoms. The third kappa shape index (κ3) is 8.85. The first-order valence-electron chi connectivity index (χ1n) is 9.85. The van der Waals surface area contributed by atoms with E-state index in [1.165, 1.54) is 9.80 Å². The van der Waals surface area contributed by atoms with Gasteiger partial charge in [0.2, 0.25) is 5.91 Å². The standard InChI is InChI=1S/C21H34N2O5S/c1-7-8-14-29(26,27)18-11-9-10-17(15-18)12-13-23(16-19(24)22(5)6)20(25)28-21(2,3)4/h9-11,15H,7-8,12-14,16H2,1-6H3. The van der Waals surface area contributed by atoms with Crippen molar-refractivity contribution in [1.82, 2.24) is 9.80 Å². The molecule has 0 atom stereocenters. The monoisotopic (exact) mass is 426 g/mol. The Balaban J connectivity index is 2.94. The third-order valence-electron chi connectivity index (χ3n) is 4.17. The molecule has 7 nitrogen and oxygen atoms in total. The molecule has 0 N–H and O–H groups in total. The van der Waals surface area contributed by atoms with Crippen LogP contribution in [0.3, 0.4) is 0 Å². The number of ether oxygens (including phenoxy) is 1. The molecule has 1 rings (SSSR count). The molecule has 2 amide bonds. The van der Waals surface area contributed by atoms with Gasteiger partial charge in [0.05, 0.1) is 10.6 Å². The summed E-state index contributed by atoms with van der Waals surface area (Å²) in [6.07, 6.45) is 1.27. The molecule has 0 fully saturated rings. The zero-order valence-corrected chi connectivity index (χ0v) is 19.2. The van der Waals surface area contributed by atoms with E-state index < -0.39 is 21.5 Å². The summed E-state index contributed by atoms with van der Waals surface area (Å²) < 4.78 is 30.3. The van der Waals surface area contributed by atoms with Gasteiger partial charge in [-0.2, -0.15) is 0 Å². The van der Waals surface area contributed by atoms with Crippen molar-refractivity contribution in [3.8, 4) is 0 Å². The van der Waals surface area contributed by atoms with E-state index in [9.17, 15) is 18.0 Å². The highest BCUT2D eigenvalue weighted by Crippen LogP contribution is 2.16. The third-order valence-corrected chi connectivity index (χ3v) is 5.97. The van der Waals surface area contributed by atoms with Crippen molar-refractivity contribution in [3.05, 3.63) is 29.8 Å². The molecule has 0 bridgehead atoms. The molecular formula is C21H34N2O5S. The molecule has 0 spiro atoms. The molecule has 1 aromatic carbocycles. The largest absolute Gasteiger partial charge is 0.444 e. The van der Waals surface area contributed by atoms with Crippen LogP contribution in [0.15, 0.2) is 29.2 Å². The van der Waals surface area contributed by atoms with Gasteiger partial charge in [0.15, 0.2) is 9.84 Å². The fourth-order valence-corrected chi connectivity index (χ4v) is 4.00.